The predicted molar refractivity (Wildman–Crippen MR) is 107 cm³/mol. The van der Waals surface area contributed by atoms with Gasteiger partial charge in [-0.15, -0.1) is 0 Å². The molecule has 1 saturated heterocycles. The third-order valence-corrected chi connectivity index (χ3v) is 5.04. The summed E-state index contributed by atoms with van der Waals surface area (Å²) in [4.78, 5) is 8.54. The van der Waals surface area contributed by atoms with Crippen LogP contribution in [0.4, 0.5) is 0 Å². The molecule has 0 amide bonds. The smallest absolute Gasteiger partial charge is 0.186 e. The normalized spacial score (nSPS) is 26.5. The summed E-state index contributed by atoms with van der Waals surface area (Å²) in [6.07, 6.45) is -0.574. The number of aromatic nitrogens is 2. The lowest BCUT2D eigenvalue weighted by Crippen LogP contribution is -2.61. The fourth-order valence-electron chi connectivity index (χ4n) is 3.51. The zero-order valence-electron chi connectivity index (χ0n) is 17.6. The highest BCUT2D eigenvalue weighted by molar-refractivity contribution is 5.56. The van der Waals surface area contributed by atoms with Gasteiger partial charge < -0.3 is 33.5 Å². The fraction of sp³-hybridized carbons (Fsp3) is 0.524. The molecule has 1 aliphatic rings. The maximum absolute atomic E-state index is 9.24. The summed E-state index contributed by atoms with van der Waals surface area (Å²) in [5.74, 6) is 1.20. The van der Waals surface area contributed by atoms with Gasteiger partial charge in [-0.25, -0.2) is 9.97 Å². The van der Waals surface area contributed by atoms with Gasteiger partial charge in [0.05, 0.1) is 12.3 Å². The van der Waals surface area contributed by atoms with Gasteiger partial charge in [0, 0.05) is 40.2 Å². The van der Waals surface area contributed by atoms with Crippen molar-refractivity contribution in [1.29, 1.82) is 0 Å². The Bertz CT molecular complexity index is 789. The predicted octanol–water partition coefficient (Wildman–Crippen LogP) is 1.43. The molecule has 30 heavy (non-hydrogen) atoms. The van der Waals surface area contributed by atoms with Crippen LogP contribution in [0, 0.1) is 0 Å². The zero-order chi connectivity index (χ0) is 21.5. The summed E-state index contributed by atoms with van der Waals surface area (Å²) < 4.78 is 34.0. The molecule has 3 rings (SSSR count). The number of benzene rings is 1. The van der Waals surface area contributed by atoms with Crippen molar-refractivity contribution >= 4 is 0 Å². The van der Waals surface area contributed by atoms with Gasteiger partial charge in [0.15, 0.2) is 12.1 Å². The van der Waals surface area contributed by atoms with Crippen molar-refractivity contribution < 1.29 is 33.5 Å². The van der Waals surface area contributed by atoms with Crippen molar-refractivity contribution in [2.75, 3.05) is 35.0 Å². The molecular formula is C21H28N2O7. The zero-order valence-corrected chi connectivity index (χ0v) is 17.6. The summed E-state index contributed by atoms with van der Waals surface area (Å²) in [5.41, 5.74) is 1.39. The topological polar surface area (TPSA) is 101 Å². The van der Waals surface area contributed by atoms with E-state index in [-0.39, 0.29) is 25.4 Å². The molecule has 5 atom stereocenters. The van der Waals surface area contributed by atoms with Crippen LogP contribution in [0.1, 0.15) is 5.69 Å². The molecule has 0 spiro atoms. The first-order chi connectivity index (χ1) is 14.6. The molecule has 2 aromatic rings. The highest BCUT2D eigenvalue weighted by Gasteiger charge is 2.47. The molecule has 2 heterocycles. The van der Waals surface area contributed by atoms with E-state index in [9.17, 15) is 5.11 Å². The van der Waals surface area contributed by atoms with Gasteiger partial charge >= 0.3 is 0 Å². The summed E-state index contributed by atoms with van der Waals surface area (Å²) in [5, 5.41) is 9.24. The molecule has 0 bridgehead atoms. The largest absolute Gasteiger partial charge is 0.491 e. The maximum atomic E-state index is 9.24. The van der Waals surface area contributed by atoms with E-state index in [0.29, 0.717) is 17.3 Å². The summed E-state index contributed by atoms with van der Waals surface area (Å²) >= 11 is 0. The Labute approximate surface area is 175 Å². The van der Waals surface area contributed by atoms with Gasteiger partial charge in [0.2, 0.25) is 0 Å². The molecular weight excluding hydrogens is 392 g/mol. The Morgan fingerprint density at radius 1 is 0.900 bits per heavy atom. The minimum Gasteiger partial charge on any atom is -0.491 e. The number of hydrogen-bond donors (Lipinski definition) is 1. The number of hydrogen-bond acceptors (Lipinski definition) is 9. The van der Waals surface area contributed by atoms with E-state index in [4.69, 9.17) is 28.4 Å². The Kier molecular flexibility index (Phi) is 8.08. The van der Waals surface area contributed by atoms with Gasteiger partial charge in [0.1, 0.15) is 36.8 Å². The van der Waals surface area contributed by atoms with Crippen LogP contribution in [-0.2, 0) is 30.3 Å². The van der Waals surface area contributed by atoms with Gasteiger partial charge in [0.25, 0.3) is 0 Å². The average molecular weight is 420 g/mol. The van der Waals surface area contributed by atoms with Crippen LogP contribution in [0.3, 0.4) is 0 Å². The van der Waals surface area contributed by atoms with Gasteiger partial charge in [-0.05, 0) is 30.3 Å². The van der Waals surface area contributed by atoms with Crippen molar-refractivity contribution in [3.8, 4) is 17.1 Å². The quantitative estimate of drug-likeness (QED) is 0.645. The summed E-state index contributed by atoms with van der Waals surface area (Å²) in [7, 11) is 6.34. The summed E-state index contributed by atoms with van der Waals surface area (Å²) in [6.45, 7) is 0.109. The second kappa shape index (κ2) is 10.8. The number of rotatable bonds is 9. The van der Waals surface area contributed by atoms with Crippen LogP contribution in [-0.4, -0.2) is 80.8 Å². The standard InChI is InChI=1S/C21H28N2O7/c1-25-17-16(30-21(28-4)19(27-3)18(17)26-2)12-29-15-7-5-13(6-8-15)20-22-10-9-14(11-24)23-20/h5-10,16-19,21,24H,11-12H2,1-4H3/t16-,17-,18+,19+,21+/m1/s1. The van der Waals surface area contributed by atoms with Crippen molar-refractivity contribution in [1.82, 2.24) is 9.97 Å². The Morgan fingerprint density at radius 3 is 2.20 bits per heavy atom. The minimum atomic E-state index is -0.599. The van der Waals surface area contributed by atoms with Crippen LogP contribution in [0.2, 0.25) is 0 Å². The second-order valence-corrected chi connectivity index (χ2v) is 6.74. The maximum Gasteiger partial charge on any atom is 0.186 e. The van der Waals surface area contributed by atoms with Crippen LogP contribution in [0.25, 0.3) is 11.4 Å². The lowest BCUT2D eigenvalue weighted by atomic mass is 9.98. The monoisotopic (exact) mass is 420 g/mol. The SMILES string of the molecule is CO[C@H]1O[C@H](COc2ccc(-c3nccc(CO)n3)cc2)[C@@H](OC)[C@H](OC)[C@@H]1OC. The van der Waals surface area contributed by atoms with Gasteiger partial charge in [-0.1, -0.05) is 0 Å². The van der Waals surface area contributed by atoms with Gasteiger partial charge in [-0.2, -0.15) is 0 Å². The van der Waals surface area contributed by atoms with Crippen molar-refractivity contribution in [2.45, 2.75) is 37.3 Å². The molecule has 164 valence electrons. The highest BCUT2D eigenvalue weighted by Crippen LogP contribution is 2.28. The van der Waals surface area contributed by atoms with E-state index in [2.05, 4.69) is 9.97 Å². The number of aliphatic hydroxyl groups is 1. The Hall–Kier alpha value is -2.14. The third kappa shape index (κ3) is 4.94. The van der Waals surface area contributed by atoms with Crippen LogP contribution in [0.15, 0.2) is 36.5 Å². The fourth-order valence-corrected chi connectivity index (χ4v) is 3.51. The molecule has 0 saturated carbocycles. The van der Waals surface area contributed by atoms with E-state index < -0.39 is 18.5 Å². The van der Waals surface area contributed by atoms with E-state index in [0.717, 1.165) is 5.56 Å². The molecule has 1 aliphatic heterocycles. The third-order valence-electron chi connectivity index (χ3n) is 5.04. The van der Waals surface area contributed by atoms with Crippen molar-refractivity contribution in [3.63, 3.8) is 0 Å². The molecule has 0 unspecified atom stereocenters. The second-order valence-electron chi connectivity index (χ2n) is 6.74. The molecule has 0 radical (unpaired) electrons. The Balaban J connectivity index is 1.67. The van der Waals surface area contributed by atoms with Crippen LogP contribution < -0.4 is 4.74 Å². The molecule has 1 aromatic heterocycles. The highest BCUT2D eigenvalue weighted by atomic mass is 16.7. The molecule has 0 aliphatic carbocycles. The van der Waals surface area contributed by atoms with E-state index >= 15 is 0 Å². The van der Waals surface area contributed by atoms with Crippen LogP contribution in [0.5, 0.6) is 5.75 Å². The molecule has 9 heteroatoms. The van der Waals surface area contributed by atoms with Crippen LogP contribution >= 0.6 is 0 Å². The summed E-state index contributed by atoms with van der Waals surface area (Å²) in [6, 6.07) is 9.05. The number of methoxy groups -OCH3 is 4. The molecule has 1 fully saturated rings. The van der Waals surface area contributed by atoms with E-state index in [1.165, 1.54) is 0 Å². The number of ether oxygens (including phenoxy) is 6. The molecule has 1 aromatic carbocycles. The first-order valence-corrected chi connectivity index (χ1v) is 9.57. The first-order valence-electron chi connectivity index (χ1n) is 9.57. The lowest BCUT2D eigenvalue weighted by molar-refractivity contribution is -0.305. The molecule has 1 N–H and O–H groups in total. The lowest BCUT2D eigenvalue weighted by Gasteiger charge is -2.44. The number of nitrogens with zero attached hydrogens (tertiary/aromatic N) is 2. The molecule has 9 nitrogen and oxygen atoms in total. The first kappa shape index (κ1) is 22.5. The Morgan fingerprint density at radius 2 is 1.60 bits per heavy atom. The van der Waals surface area contributed by atoms with Crippen molar-refractivity contribution in [2.24, 2.45) is 0 Å². The number of aliphatic hydroxyl groups excluding tert-OH is 1. The van der Waals surface area contributed by atoms with E-state index in [1.54, 1.807) is 40.7 Å². The van der Waals surface area contributed by atoms with E-state index in [1.807, 2.05) is 24.3 Å². The average Bonchev–Trinajstić information content (AvgIpc) is 2.81. The van der Waals surface area contributed by atoms with Gasteiger partial charge in [-0.3, -0.25) is 0 Å². The van der Waals surface area contributed by atoms with Crippen molar-refractivity contribution in [3.05, 3.63) is 42.2 Å². The minimum absolute atomic E-state index is 0.131.